The van der Waals surface area contributed by atoms with E-state index < -0.39 is 4.93 Å². The fourth-order valence-electron chi connectivity index (χ4n) is 3.22. The average molecular weight is 326 g/mol. The van der Waals surface area contributed by atoms with Crippen LogP contribution >= 0.6 is 11.8 Å². The number of hydrogen-bond donors (Lipinski definition) is 1. The first-order chi connectivity index (χ1) is 10.7. The van der Waals surface area contributed by atoms with E-state index in [-0.39, 0.29) is 12.0 Å². The maximum atomic E-state index is 12.2. The maximum Gasteiger partial charge on any atom is 0.290 e. The first-order valence-corrected chi connectivity index (χ1v) is 9.31. The van der Waals surface area contributed by atoms with Crippen molar-refractivity contribution in [3.05, 3.63) is 0 Å². The second-order valence-corrected chi connectivity index (χ2v) is 7.92. The molecule has 2 heterocycles. The number of amides is 1. The lowest BCUT2D eigenvalue weighted by Crippen LogP contribution is -2.36. The molecule has 3 rings (SSSR count). The van der Waals surface area contributed by atoms with Crippen LogP contribution in [0.2, 0.25) is 0 Å². The number of carbonyl (C=O) groups excluding carboxylic acids is 1. The molecule has 1 aliphatic carbocycles. The van der Waals surface area contributed by atoms with Gasteiger partial charge in [-0.1, -0.05) is 25.7 Å². The first-order valence-electron chi connectivity index (χ1n) is 8.50. The third-order valence-corrected chi connectivity index (χ3v) is 5.72. The van der Waals surface area contributed by atoms with Crippen LogP contribution in [0.15, 0.2) is 4.99 Å². The quantitative estimate of drug-likeness (QED) is 0.805. The van der Waals surface area contributed by atoms with E-state index in [4.69, 9.17) is 9.47 Å². The average Bonchev–Trinajstić information content (AvgIpc) is 3.01. The molecule has 1 amide bonds. The van der Waals surface area contributed by atoms with Crippen LogP contribution in [-0.2, 0) is 14.3 Å². The van der Waals surface area contributed by atoms with E-state index >= 15 is 0 Å². The van der Waals surface area contributed by atoms with Gasteiger partial charge in [-0.25, -0.2) is 0 Å². The standard InChI is InChI=1S/C16H26N2O3S/c1-16(21-11-13-9-6-10-20-13)14(19)18-15(22-16)17-12-7-4-2-3-5-8-12/h12-13H,2-11H2,1H3,(H,17,18,19). The molecule has 0 bridgehead atoms. The van der Waals surface area contributed by atoms with Crippen LogP contribution < -0.4 is 5.32 Å². The molecule has 0 aromatic carbocycles. The summed E-state index contributed by atoms with van der Waals surface area (Å²) in [5, 5.41) is 4.18. The van der Waals surface area contributed by atoms with Crippen LogP contribution in [0.5, 0.6) is 0 Å². The van der Waals surface area contributed by atoms with Gasteiger partial charge in [-0.05, 0) is 44.4 Å². The number of rotatable bonds is 4. The first kappa shape index (κ1) is 16.3. The fourth-order valence-corrected chi connectivity index (χ4v) is 4.21. The number of carbonyl (C=O) groups is 1. The van der Waals surface area contributed by atoms with E-state index in [0.717, 1.165) is 24.6 Å². The highest BCUT2D eigenvalue weighted by molar-refractivity contribution is 8.16. The summed E-state index contributed by atoms with van der Waals surface area (Å²) in [6.07, 6.45) is 9.72. The molecule has 0 aromatic heterocycles. The zero-order valence-electron chi connectivity index (χ0n) is 13.3. The summed E-state index contributed by atoms with van der Waals surface area (Å²) in [5.74, 6) is -0.188. The van der Waals surface area contributed by atoms with Gasteiger partial charge in [0.15, 0.2) is 10.1 Å². The van der Waals surface area contributed by atoms with Crippen molar-refractivity contribution in [1.29, 1.82) is 0 Å². The monoisotopic (exact) mass is 326 g/mol. The van der Waals surface area contributed by atoms with E-state index in [1.807, 2.05) is 6.92 Å². The van der Waals surface area contributed by atoms with Crippen molar-refractivity contribution in [3.8, 4) is 0 Å². The van der Waals surface area contributed by atoms with Gasteiger partial charge in [0.25, 0.3) is 5.91 Å². The lowest BCUT2D eigenvalue weighted by molar-refractivity contribution is -0.133. The molecular weight excluding hydrogens is 300 g/mol. The largest absolute Gasteiger partial charge is 0.376 e. The van der Waals surface area contributed by atoms with Crippen LogP contribution in [-0.4, -0.2) is 41.4 Å². The smallest absolute Gasteiger partial charge is 0.290 e. The third kappa shape index (κ3) is 4.03. The van der Waals surface area contributed by atoms with Crippen LogP contribution in [0, 0.1) is 0 Å². The minimum absolute atomic E-state index is 0.129. The summed E-state index contributed by atoms with van der Waals surface area (Å²) in [6.45, 7) is 3.10. The molecule has 2 aliphatic heterocycles. The van der Waals surface area contributed by atoms with E-state index in [0.29, 0.717) is 12.6 Å². The van der Waals surface area contributed by atoms with Crippen molar-refractivity contribution in [1.82, 2.24) is 5.32 Å². The Kier molecular flexibility index (Phi) is 5.42. The van der Waals surface area contributed by atoms with Gasteiger partial charge in [0.2, 0.25) is 0 Å². The summed E-state index contributed by atoms with van der Waals surface area (Å²) < 4.78 is 11.4. The molecule has 22 heavy (non-hydrogen) atoms. The molecule has 3 aliphatic rings. The highest BCUT2D eigenvalue weighted by Crippen LogP contribution is 2.35. The predicted octanol–water partition coefficient (Wildman–Crippen LogP) is 2.84. The number of nitrogens with zero attached hydrogens (tertiary/aromatic N) is 1. The molecule has 2 fully saturated rings. The second-order valence-electron chi connectivity index (χ2n) is 6.55. The number of amidine groups is 1. The van der Waals surface area contributed by atoms with Gasteiger partial charge in [0.1, 0.15) is 0 Å². The Morgan fingerprint density at radius 3 is 2.73 bits per heavy atom. The van der Waals surface area contributed by atoms with Gasteiger partial charge in [0, 0.05) is 12.6 Å². The Morgan fingerprint density at radius 2 is 2.05 bits per heavy atom. The number of nitrogens with one attached hydrogen (secondary N) is 1. The summed E-state index contributed by atoms with van der Waals surface area (Å²) in [4.78, 5) is 15.5. The zero-order chi connectivity index (χ0) is 15.4. The molecule has 2 atom stereocenters. The Hall–Kier alpha value is -0.590. The molecule has 0 radical (unpaired) electrons. The number of hydrogen-bond acceptors (Lipinski definition) is 5. The number of ether oxygens (including phenoxy) is 2. The Labute approximate surface area is 136 Å². The molecule has 1 saturated heterocycles. The van der Waals surface area contributed by atoms with Crippen molar-refractivity contribution < 1.29 is 14.3 Å². The predicted molar refractivity (Wildman–Crippen MR) is 88.0 cm³/mol. The van der Waals surface area contributed by atoms with Crippen LogP contribution in [0.1, 0.15) is 58.3 Å². The molecule has 5 nitrogen and oxygen atoms in total. The lowest BCUT2D eigenvalue weighted by Gasteiger charge is -2.23. The summed E-state index contributed by atoms with van der Waals surface area (Å²) in [7, 11) is 0. The SMILES string of the molecule is CC1(OCC2CCCO2)SC(NC2CCCCCC2)=NC1=O. The van der Waals surface area contributed by atoms with Gasteiger partial charge in [-0.2, -0.15) is 4.99 Å². The summed E-state index contributed by atoms with van der Waals surface area (Å²) >= 11 is 1.42. The second kappa shape index (κ2) is 7.32. The molecule has 124 valence electrons. The molecule has 0 spiro atoms. The van der Waals surface area contributed by atoms with Gasteiger partial charge in [-0.15, -0.1) is 0 Å². The molecule has 6 heteroatoms. The van der Waals surface area contributed by atoms with Crippen LogP contribution in [0.3, 0.4) is 0 Å². The van der Waals surface area contributed by atoms with Gasteiger partial charge < -0.3 is 14.8 Å². The van der Waals surface area contributed by atoms with Crippen molar-refractivity contribution in [2.75, 3.05) is 13.2 Å². The van der Waals surface area contributed by atoms with E-state index in [1.54, 1.807) is 0 Å². The lowest BCUT2D eigenvalue weighted by atomic mass is 10.1. The zero-order valence-corrected chi connectivity index (χ0v) is 14.1. The van der Waals surface area contributed by atoms with Gasteiger partial charge >= 0.3 is 0 Å². The Bertz CT molecular complexity index is 429. The van der Waals surface area contributed by atoms with Crippen molar-refractivity contribution in [3.63, 3.8) is 0 Å². The topological polar surface area (TPSA) is 59.9 Å². The minimum atomic E-state index is -0.890. The summed E-state index contributed by atoms with van der Waals surface area (Å²) in [5.41, 5.74) is 0. The molecule has 0 aromatic rings. The van der Waals surface area contributed by atoms with Gasteiger partial charge in [0.05, 0.1) is 12.7 Å². The van der Waals surface area contributed by atoms with E-state index in [9.17, 15) is 4.79 Å². The highest BCUT2D eigenvalue weighted by atomic mass is 32.2. The number of thioether (sulfide) groups is 1. The van der Waals surface area contributed by atoms with E-state index in [2.05, 4.69) is 10.3 Å². The van der Waals surface area contributed by atoms with Crippen molar-refractivity contribution >= 4 is 22.8 Å². The maximum absolute atomic E-state index is 12.2. The van der Waals surface area contributed by atoms with Crippen molar-refractivity contribution in [2.45, 2.75) is 75.4 Å². The van der Waals surface area contributed by atoms with Crippen LogP contribution in [0.25, 0.3) is 0 Å². The van der Waals surface area contributed by atoms with Crippen molar-refractivity contribution in [2.24, 2.45) is 4.99 Å². The molecule has 2 unspecified atom stereocenters. The van der Waals surface area contributed by atoms with E-state index in [1.165, 1.54) is 50.3 Å². The third-order valence-electron chi connectivity index (χ3n) is 4.63. The molecule has 1 saturated carbocycles. The Balaban J connectivity index is 1.50. The minimum Gasteiger partial charge on any atom is -0.376 e. The molecular formula is C16H26N2O3S. The molecule has 1 N–H and O–H groups in total. The normalized spacial score (nSPS) is 33.8. The van der Waals surface area contributed by atoms with Crippen LogP contribution in [0.4, 0.5) is 0 Å². The summed E-state index contributed by atoms with van der Waals surface area (Å²) in [6, 6.07) is 0.446. The van der Waals surface area contributed by atoms with Gasteiger partial charge in [-0.3, -0.25) is 4.79 Å². The Morgan fingerprint density at radius 1 is 1.27 bits per heavy atom. The fraction of sp³-hybridized carbons (Fsp3) is 0.875. The number of aliphatic imine (C=N–C) groups is 1. The highest BCUT2D eigenvalue weighted by Gasteiger charge is 2.43.